The van der Waals surface area contributed by atoms with Crippen molar-refractivity contribution >= 4 is 5.69 Å². The van der Waals surface area contributed by atoms with E-state index in [2.05, 4.69) is 25.8 Å². The molecule has 0 radical (unpaired) electrons. The largest absolute Gasteiger partial charge is 0.493 e. The van der Waals surface area contributed by atoms with Gasteiger partial charge in [-0.15, -0.1) is 0 Å². The zero-order valence-electron chi connectivity index (χ0n) is 10.4. The lowest BCUT2D eigenvalue weighted by Crippen LogP contribution is -2.28. The molecular formula is C13H22N2O. The van der Waals surface area contributed by atoms with Crippen molar-refractivity contribution in [3.05, 3.63) is 24.3 Å². The zero-order valence-corrected chi connectivity index (χ0v) is 10.4. The van der Waals surface area contributed by atoms with Crippen molar-refractivity contribution in [2.24, 2.45) is 0 Å². The topological polar surface area (TPSA) is 38.5 Å². The maximum absolute atomic E-state index is 5.66. The molecule has 0 aromatic heterocycles. The molecule has 16 heavy (non-hydrogen) atoms. The highest BCUT2D eigenvalue weighted by atomic mass is 16.5. The molecule has 0 heterocycles. The number of rotatable bonds is 6. The molecule has 2 N–H and O–H groups in total. The number of anilines is 1. The maximum Gasteiger partial charge on any atom is 0.121 e. The second kappa shape index (κ2) is 6.38. The van der Waals surface area contributed by atoms with Crippen LogP contribution >= 0.6 is 0 Å². The molecule has 3 nitrogen and oxygen atoms in total. The number of nitrogens with two attached hydrogens (primary N) is 1. The second-order valence-corrected chi connectivity index (χ2v) is 4.35. The van der Waals surface area contributed by atoms with Crippen LogP contribution < -0.4 is 10.5 Å². The smallest absolute Gasteiger partial charge is 0.121 e. The Morgan fingerprint density at radius 2 is 2.12 bits per heavy atom. The molecule has 0 spiro atoms. The van der Waals surface area contributed by atoms with Crippen molar-refractivity contribution in [1.29, 1.82) is 0 Å². The van der Waals surface area contributed by atoms with E-state index < -0.39 is 0 Å². The minimum atomic E-state index is 0.590. The molecule has 0 amide bonds. The summed E-state index contributed by atoms with van der Waals surface area (Å²) in [5, 5.41) is 0. The summed E-state index contributed by atoms with van der Waals surface area (Å²) in [5.41, 5.74) is 6.41. The van der Waals surface area contributed by atoms with Gasteiger partial charge in [-0.1, -0.05) is 6.07 Å². The zero-order chi connectivity index (χ0) is 12.0. The third-order valence-electron chi connectivity index (χ3n) is 2.66. The summed E-state index contributed by atoms with van der Waals surface area (Å²) < 4.78 is 5.61. The Labute approximate surface area is 98.2 Å². The number of hydrogen-bond acceptors (Lipinski definition) is 3. The van der Waals surface area contributed by atoms with Gasteiger partial charge in [-0.25, -0.2) is 0 Å². The number of ether oxygens (including phenoxy) is 1. The Hall–Kier alpha value is -1.22. The molecular weight excluding hydrogens is 200 g/mol. The van der Waals surface area contributed by atoms with Crippen LogP contribution in [0.1, 0.15) is 20.3 Å². The molecule has 0 aliphatic heterocycles. The van der Waals surface area contributed by atoms with E-state index in [9.17, 15) is 0 Å². The molecule has 1 aromatic carbocycles. The van der Waals surface area contributed by atoms with Gasteiger partial charge in [0.25, 0.3) is 0 Å². The van der Waals surface area contributed by atoms with E-state index >= 15 is 0 Å². The van der Waals surface area contributed by atoms with Crippen molar-refractivity contribution in [3.8, 4) is 5.75 Å². The lowest BCUT2D eigenvalue weighted by Gasteiger charge is -2.20. The van der Waals surface area contributed by atoms with Crippen LogP contribution in [0.2, 0.25) is 0 Å². The number of nitrogen functional groups attached to an aromatic ring is 1. The van der Waals surface area contributed by atoms with Gasteiger partial charge in [-0.05, 0) is 39.4 Å². The Balaban J connectivity index is 2.21. The summed E-state index contributed by atoms with van der Waals surface area (Å²) in [6, 6.07) is 8.14. The standard InChI is InChI=1S/C13H22N2O/c1-11(2)15(3)8-5-9-16-13-7-4-6-12(14)10-13/h4,6-7,10-11H,5,8-9,14H2,1-3H3. The highest BCUT2D eigenvalue weighted by Gasteiger charge is 2.02. The summed E-state index contributed by atoms with van der Waals surface area (Å²) >= 11 is 0. The van der Waals surface area contributed by atoms with Crippen LogP contribution in [0.3, 0.4) is 0 Å². The molecule has 1 rings (SSSR count). The van der Waals surface area contributed by atoms with Crippen molar-refractivity contribution in [3.63, 3.8) is 0 Å². The predicted molar refractivity (Wildman–Crippen MR) is 68.7 cm³/mol. The first-order valence-corrected chi connectivity index (χ1v) is 5.78. The van der Waals surface area contributed by atoms with Gasteiger partial charge in [0, 0.05) is 24.3 Å². The summed E-state index contributed by atoms with van der Waals surface area (Å²) in [4.78, 5) is 2.31. The summed E-state index contributed by atoms with van der Waals surface area (Å²) in [7, 11) is 2.13. The highest BCUT2D eigenvalue weighted by molar-refractivity contribution is 5.43. The number of benzene rings is 1. The molecule has 0 saturated carbocycles. The lowest BCUT2D eigenvalue weighted by atomic mass is 10.3. The van der Waals surface area contributed by atoms with Gasteiger partial charge in [-0.2, -0.15) is 0 Å². The van der Waals surface area contributed by atoms with Crippen molar-refractivity contribution in [1.82, 2.24) is 4.90 Å². The lowest BCUT2D eigenvalue weighted by molar-refractivity contribution is 0.234. The molecule has 1 aromatic rings. The van der Waals surface area contributed by atoms with Crippen molar-refractivity contribution in [2.75, 3.05) is 25.9 Å². The first-order valence-electron chi connectivity index (χ1n) is 5.78. The molecule has 0 saturated heterocycles. The summed E-state index contributed by atoms with van der Waals surface area (Å²) in [6.07, 6.45) is 1.03. The molecule has 90 valence electrons. The van der Waals surface area contributed by atoms with Gasteiger partial charge in [0.05, 0.1) is 6.61 Å². The van der Waals surface area contributed by atoms with Crippen LogP contribution in [0.4, 0.5) is 5.69 Å². The summed E-state index contributed by atoms with van der Waals surface area (Å²) in [6.45, 7) is 6.18. The fraction of sp³-hybridized carbons (Fsp3) is 0.538. The molecule has 0 unspecified atom stereocenters. The predicted octanol–water partition coefficient (Wildman–Crippen LogP) is 2.38. The second-order valence-electron chi connectivity index (χ2n) is 4.35. The van der Waals surface area contributed by atoms with E-state index in [-0.39, 0.29) is 0 Å². The first kappa shape index (κ1) is 12.8. The quantitative estimate of drug-likeness (QED) is 0.593. The van der Waals surface area contributed by atoms with Gasteiger partial charge < -0.3 is 15.4 Å². The Morgan fingerprint density at radius 1 is 1.38 bits per heavy atom. The molecule has 0 aliphatic rings. The van der Waals surface area contributed by atoms with Gasteiger partial charge >= 0.3 is 0 Å². The normalized spacial score (nSPS) is 11.1. The molecule has 0 atom stereocenters. The van der Waals surface area contributed by atoms with Crippen molar-refractivity contribution < 1.29 is 4.74 Å². The van der Waals surface area contributed by atoms with E-state index in [4.69, 9.17) is 10.5 Å². The minimum absolute atomic E-state index is 0.590. The van der Waals surface area contributed by atoms with Crippen LogP contribution in [0.25, 0.3) is 0 Å². The van der Waals surface area contributed by atoms with E-state index in [0.717, 1.165) is 31.0 Å². The molecule has 0 fully saturated rings. The minimum Gasteiger partial charge on any atom is -0.493 e. The van der Waals surface area contributed by atoms with Gasteiger partial charge in [0.2, 0.25) is 0 Å². The van der Waals surface area contributed by atoms with E-state index in [1.54, 1.807) is 0 Å². The molecule has 3 heteroatoms. The van der Waals surface area contributed by atoms with Crippen LogP contribution in [0.15, 0.2) is 24.3 Å². The number of nitrogens with zero attached hydrogens (tertiary/aromatic N) is 1. The highest BCUT2D eigenvalue weighted by Crippen LogP contribution is 2.14. The van der Waals surface area contributed by atoms with Gasteiger partial charge in [0.15, 0.2) is 0 Å². The third kappa shape index (κ3) is 4.53. The Morgan fingerprint density at radius 3 is 2.75 bits per heavy atom. The van der Waals surface area contributed by atoms with Gasteiger partial charge in [-0.3, -0.25) is 0 Å². The van der Waals surface area contributed by atoms with E-state index in [1.165, 1.54) is 0 Å². The fourth-order valence-corrected chi connectivity index (χ4v) is 1.37. The first-order chi connectivity index (χ1) is 7.59. The fourth-order valence-electron chi connectivity index (χ4n) is 1.37. The van der Waals surface area contributed by atoms with Crippen LogP contribution in [0.5, 0.6) is 5.75 Å². The van der Waals surface area contributed by atoms with Crippen LogP contribution in [0, 0.1) is 0 Å². The summed E-state index contributed by atoms with van der Waals surface area (Å²) in [5.74, 6) is 0.854. The van der Waals surface area contributed by atoms with E-state index in [1.807, 2.05) is 24.3 Å². The maximum atomic E-state index is 5.66. The van der Waals surface area contributed by atoms with Crippen LogP contribution in [-0.2, 0) is 0 Å². The monoisotopic (exact) mass is 222 g/mol. The average Bonchev–Trinajstić information content (AvgIpc) is 2.24. The average molecular weight is 222 g/mol. The molecule has 0 bridgehead atoms. The molecule has 0 aliphatic carbocycles. The van der Waals surface area contributed by atoms with E-state index in [0.29, 0.717) is 6.04 Å². The number of hydrogen-bond donors (Lipinski definition) is 1. The van der Waals surface area contributed by atoms with Gasteiger partial charge in [0.1, 0.15) is 5.75 Å². The van der Waals surface area contributed by atoms with Crippen molar-refractivity contribution in [2.45, 2.75) is 26.3 Å². The Bertz CT molecular complexity index is 313. The SMILES string of the molecule is CC(C)N(C)CCCOc1cccc(N)c1. The third-order valence-corrected chi connectivity index (χ3v) is 2.66. The Kier molecular flexibility index (Phi) is 5.12. The van der Waals surface area contributed by atoms with Crippen LogP contribution in [-0.4, -0.2) is 31.1 Å².